The number of aliphatic hydroxyl groups excluding tert-OH is 1. The summed E-state index contributed by atoms with van der Waals surface area (Å²) in [6.07, 6.45) is 1.95. The predicted octanol–water partition coefficient (Wildman–Crippen LogP) is 2.34. The van der Waals surface area contributed by atoms with Crippen LogP contribution >= 0.6 is 11.3 Å². The van der Waals surface area contributed by atoms with E-state index < -0.39 is 0 Å². The first-order valence-corrected chi connectivity index (χ1v) is 6.02. The van der Waals surface area contributed by atoms with Crippen LogP contribution in [0.5, 0.6) is 0 Å². The third kappa shape index (κ3) is 3.40. The van der Waals surface area contributed by atoms with E-state index in [4.69, 9.17) is 5.11 Å². The summed E-state index contributed by atoms with van der Waals surface area (Å²) in [4.78, 5) is 2.83. The van der Waals surface area contributed by atoms with Gasteiger partial charge in [0.15, 0.2) is 0 Å². The van der Waals surface area contributed by atoms with Crippen molar-refractivity contribution in [1.82, 2.24) is 5.32 Å². The highest BCUT2D eigenvalue weighted by Crippen LogP contribution is 2.23. The summed E-state index contributed by atoms with van der Waals surface area (Å²) in [5.74, 6) is 0. The van der Waals surface area contributed by atoms with Crippen molar-refractivity contribution in [3.05, 3.63) is 21.9 Å². The van der Waals surface area contributed by atoms with E-state index in [0.717, 1.165) is 19.4 Å². The number of nitrogens with one attached hydrogen (secondary N) is 1. The summed E-state index contributed by atoms with van der Waals surface area (Å²) in [7, 11) is 0. The predicted molar refractivity (Wildman–Crippen MR) is 61.8 cm³/mol. The van der Waals surface area contributed by atoms with Gasteiger partial charge in [0.1, 0.15) is 0 Å². The number of hydrogen-bond acceptors (Lipinski definition) is 3. The topological polar surface area (TPSA) is 32.3 Å². The van der Waals surface area contributed by atoms with Gasteiger partial charge in [0.2, 0.25) is 0 Å². The molecule has 2 N–H and O–H groups in total. The molecule has 0 aromatic carbocycles. The summed E-state index contributed by atoms with van der Waals surface area (Å²) < 4.78 is 0. The number of hydrogen-bond donors (Lipinski definition) is 2. The van der Waals surface area contributed by atoms with Crippen LogP contribution in [0, 0.1) is 0 Å². The van der Waals surface area contributed by atoms with Crippen molar-refractivity contribution in [3.8, 4) is 0 Å². The molecule has 3 heteroatoms. The van der Waals surface area contributed by atoms with Crippen LogP contribution in [0.15, 0.2) is 12.1 Å². The second-order valence-corrected chi connectivity index (χ2v) is 4.61. The smallest absolute Gasteiger partial charge is 0.0443 e. The van der Waals surface area contributed by atoms with Gasteiger partial charge in [-0.15, -0.1) is 11.3 Å². The van der Waals surface area contributed by atoms with Crippen molar-refractivity contribution in [3.63, 3.8) is 0 Å². The Kier molecular flexibility index (Phi) is 5.15. The zero-order chi connectivity index (χ0) is 10.4. The normalized spacial score (nSPS) is 13.1. The lowest BCUT2D eigenvalue weighted by molar-refractivity contribution is 0.284. The van der Waals surface area contributed by atoms with Gasteiger partial charge >= 0.3 is 0 Å². The first kappa shape index (κ1) is 11.7. The average Bonchev–Trinajstić information content (AvgIpc) is 2.66. The molecule has 0 spiro atoms. The maximum Gasteiger partial charge on any atom is 0.0443 e. The summed E-state index contributed by atoms with van der Waals surface area (Å²) in [6, 6.07) is 4.80. The summed E-state index contributed by atoms with van der Waals surface area (Å²) >= 11 is 1.87. The molecule has 0 aliphatic heterocycles. The first-order chi connectivity index (χ1) is 6.77. The molecule has 0 aliphatic carbocycles. The molecule has 14 heavy (non-hydrogen) atoms. The lowest BCUT2D eigenvalue weighted by Gasteiger charge is -2.10. The number of aryl methyl sites for hydroxylation is 1. The summed E-state index contributed by atoms with van der Waals surface area (Å²) in [5, 5.41) is 12.0. The van der Waals surface area contributed by atoms with Gasteiger partial charge in [0.05, 0.1) is 0 Å². The molecule has 1 atom stereocenters. The molecule has 0 saturated carbocycles. The highest BCUT2D eigenvalue weighted by molar-refractivity contribution is 7.12. The zero-order valence-corrected chi connectivity index (χ0v) is 9.73. The van der Waals surface area contributed by atoms with Crippen molar-refractivity contribution in [2.24, 2.45) is 0 Å². The Morgan fingerprint density at radius 1 is 1.50 bits per heavy atom. The molecule has 1 aromatic rings. The van der Waals surface area contributed by atoms with E-state index >= 15 is 0 Å². The third-order valence-corrected chi connectivity index (χ3v) is 3.66. The molecular formula is C11H19NOS. The van der Waals surface area contributed by atoms with Crippen molar-refractivity contribution >= 4 is 11.3 Å². The summed E-state index contributed by atoms with van der Waals surface area (Å²) in [6.45, 7) is 5.50. The van der Waals surface area contributed by atoms with Crippen molar-refractivity contribution in [1.29, 1.82) is 0 Å². The Balaban J connectivity index is 2.39. The monoisotopic (exact) mass is 213 g/mol. The van der Waals surface area contributed by atoms with E-state index in [1.807, 2.05) is 11.3 Å². The number of rotatable bonds is 6. The van der Waals surface area contributed by atoms with Gasteiger partial charge in [-0.05, 0) is 38.4 Å². The number of thiophene rings is 1. The fourth-order valence-corrected chi connectivity index (χ4v) is 2.29. The molecule has 1 unspecified atom stereocenters. The Morgan fingerprint density at radius 2 is 2.29 bits per heavy atom. The van der Waals surface area contributed by atoms with Crippen LogP contribution in [0.2, 0.25) is 0 Å². The van der Waals surface area contributed by atoms with Crippen molar-refractivity contribution < 1.29 is 5.11 Å². The molecule has 1 rings (SSSR count). The minimum atomic E-state index is 0.268. The van der Waals surface area contributed by atoms with Crippen LogP contribution in [-0.2, 0) is 6.42 Å². The Morgan fingerprint density at radius 3 is 2.86 bits per heavy atom. The molecule has 0 fully saturated rings. The van der Waals surface area contributed by atoms with Crippen LogP contribution in [0.3, 0.4) is 0 Å². The Labute approximate surface area is 90.0 Å². The van der Waals surface area contributed by atoms with Crippen LogP contribution in [0.4, 0.5) is 0 Å². The van der Waals surface area contributed by atoms with Gasteiger partial charge in [0, 0.05) is 22.4 Å². The van der Waals surface area contributed by atoms with Crippen molar-refractivity contribution in [2.45, 2.75) is 32.7 Å². The molecule has 80 valence electrons. The average molecular weight is 213 g/mol. The molecule has 0 bridgehead atoms. The van der Waals surface area contributed by atoms with Gasteiger partial charge in [-0.1, -0.05) is 6.92 Å². The lowest BCUT2D eigenvalue weighted by atomic mass is 10.2. The molecule has 0 radical (unpaired) electrons. The fourth-order valence-electron chi connectivity index (χ4n) is 1.32. The van der Waals surface area contributed by atoms with Gasteiger partial charge < -0.3 is 10.4 Å². The maximum atomic E-state index is 8.65. The van der Waals surface area contributed by atoms with Crippen LogP contribution < -0.4 is 5.32 Å². The Hall–Kier alpha value is -0.380. The Bertz CT molecular complexity index is 260. The van der Waals surface area contributed by atoms with Crippen LogP contribution in [0.25, 0.3) is 0 Å². The standard InChI is InChI=1S/C11H19NOS/c1-3-10-5-6-11(14-10)9(2)12-7-4-8-13/h5-6,9,12-13H,3-4,7-8H2,1-2H3. The second-order valence-electron chi connectivity index (χ2n) is 3.41. The molecule has 0 amide bonds. The van der Waals surface area contributed by atoms with Gasteiger partial charge in [-0.3, -0.25) is 0 Å². The van der Waals surface area contributed by atoms with Gasteiger partial charge in [-0.2, -0.15) is 0 Å². The van der Waals surface area contributed by atoms with Crippen LogP contribution in [0.1, 0.15) is 36.1 Å². The van der Waals surface area contributed by atoms with E-state index in [0.29, 0.717) is 6.04 Å². The quantitative estimate of drug-likeness (QED) is 0.711. The molecule has 1 aromatic heterocycles. The minimum absolute atomic E-state index is 0.268. The molecule has 0 saturated heterocycles. The minimum Gasteiger partial charge on any atom is -0.396 e. The summed E-state index contributed by atoms with van der Waals surface area (Å²) in [5.41, 5.74) is 0. The molecule has 2 nitrogen and oxygen atoms in total. The van der Waals surface area contributed by atoms with E-state index in [9.17, 15) is 0 Å². The van der Waals surface area contributed by atoms with Gasteiger partial charge in [0.25, 0.3) is 0 Å². The molecule has 0 aliphatic rings. The maximum absolute atomic E-state index is 8.65. The highest BCUT2D eigenvalue weighted by atomic mass is 32.1. The van der Waals surface area contributed by atoms with Crippen molar-refractivity contribution in [2.75, 3.05) is 13.2 Å². The first-order valence-electron chi connectivity index (χ1n) is 5.20. The molecular weight excluding hydrogens is 194 g/mol. The fraction of sp³-hybridized carbons (Fsp3) is 0.636. The SMILES string of the molecule is CCc1ccc(C(C)NCCCO)s1. The second kappa shape index (κ2) is 6.17. The zero-order valence-electron chi connectivity index (χ0n) is 8.92. The van der Waals surface area contributed by atoms with Crippen LogP contribution in [-0.4, -0.2) is 18.3 Å². The lowest BCUT2D eigenvalue weighted by Crippen LogP contribution is -2.19. The molecule has 1 heterocycles. The van der Waals surface area contributed by atoms with E-state index in [1.54, 1.807) is 0 Å². The largest absolute Gasteiger partial charge is 0.396 e. The highest BCUT2D eigenvalue weighted by Gasteiger charge is 2.06. The van der Waals surface area contributed by atoms with E-state index in [-0.39, 0.29) is 6.61 Å². The van der Waals surface area contributed by atoms with Gasteiger partial charge in [-0.25, -0.2) is 0 Å². The number of aliphatic hydroxyl groups is 1. The van der Waals surface area contributed by atoms with E-state index in [2.05, 4.69) is 31.3 Å². The van der Waals surface area contributed by atoms with E-state index in [1.165, 1.54) is 9.75 Å². The third-order valence-electron chi connectivity index (χ3n) is 2.24.